The minimum atomic E-state index is -1.61. The Morgan fingerprint density at radius 1 is 1.06 bits per heavy atom. The van der Waals surface area contributed by atoms with Gasteiger partial charge in [-0.15, -0.1) is 0 Å². The van der Waals surface area contributed by atoms with E-state index in [9.17, 15) is 30.0 Å². The predicted molar refractivity (Wildman–Crippen MR) is 104 cm³/mol. The molecule has 2 heterocycles. The number of hydrogen-bond acceptors (Lipinski definition) is 9. The largest absolute Gasteiger partial charge is 0.508 e. The number of aliphatic hydroxyl groups excluding tert-OH is 2. The number of rotatable bonds is 4. The number of fused-ring (bicyclic) bond motifs is 1. The van der Waals surface area contributed by atoms with Crippen molar-refractivity contribution in [2.45, 2.75) is 18.5 Å². The molecule has 1 aliphatic heterocycles. The summed E-state index contributed by atoms with van der Waals surface area (Å²) < 4.78 is 15.9. The van der Waals surface area contributed by atoms with E-state index in [1.165, 1.54) is 36.6 Å². The maximum absolute atomic E-state index is 12.9. The van der Waals surface area contributed by atoms with E-state index in [0.29, 0.717) is 5.56 Å². The zero-order valence-electron chi connectivity index (χ0n) is 15.6. The summed E-state index contributed by atoms with van der Waals surface area (Å²) in [6, 6.07) is 8.16. The van der Waals surface area contributed by atoms with Crippen molar-refractivity contribution in [3.05, 3.63) is 64.7 Å². The molecule has 0 bridgehead atoms. The Kier molecular flexibility index (Phi) is 5.01. The summed E-state index contributed by atoms with van der Waals surface area (Å²) in [5, 5.41) is 48.5. The van der Waals surface area contributed by atoms with Crippen LogP contribution in [0.3, 0.4) is 0 Å². The van der Waals surface area contributed by atoms with E-state index in [0.717, 1.165) is 12.1 Å². The van der Waals surface area contributed by atoms with E-state index >= 15 is 0 Å². The number of phenolic OH excluding ortho intramolecular Hbond substituents is 2. The van der Waals surface area contributed by atoms with Crippen molar-refractivity contribution in [2.24, 2.45) is 0 Å². The first-order valence-corrected chi connectivity index (χ1v) is 8.97. The summed E-state index contributed by atoms with van der Waals surface area (Å²) in [6.45, 7) is 0. The topological polar surface area (TPSA) is 167 Å². The van der Waals surface area contributed by atoms with Gasteiger partial charge >= 0.3 is 5.97 Å². The van der Waals surface area contributed by atoms with Gasteiger partial charge in [0, 0.05) is 12.1 Å². The van der Waals surface area contributed by atoms with Gasteiger partial charge in [-0.2, -0.15) is 0 Å². The molecule has 1 aliphatic rings. The second kappa shape index (κ2) is 7.67. The van der Waals surface area contributed by atoms with Crippen LogP contribution in [0.25, 0.3) is 22.1 Å². The molecule has 3 atom stereocenters. The fourth-order valence-electron chi connectivity index (χ4n) is 3.11. The maximum Gasteiger partial charge on any atom is 0.371 e. The van der Waals surface area contributed by atoms with Crippen LogP contribution in [0.15, 0.2) is 63.7 Å². The fraction of sp³-hybridized carbons (Fsp3) is 0.143. The number of aliphatic carboxylic acids is 1. The van der Waals surface area contributed by atoms with Crippen LogP contribution in [0.5, 0.6) is 17.2 Å². The van der Waals surface area contributed by atoms with Gasteiger partial charge in [-0.25, -0.2) is 4.79 Å². The Morgan fingerprint density at radius 3 is 2.45 bits per heavy atom. The molecule has 0 aliphatic carbocycles. The summed E-state index contributed by atoms with van der Waals surface area (Å²) in [5.74, 6) is -2.64. The summed E-state index contributed by atoms with van der Waals surface area (Å²) in [4.78, 5) is 23.9. The first-order valence-electron chi connectivity index (χ1n) is 8.97. The molecule has 5 N–H and O–H groups in total. The van der Waals surface area contributed by atoms with Crippen molar-refractivity contribution in [1.29, 1.82) is 0 Å². The van der Waals surface area contributed by atoms with Crippen LogP contribution < -0.4 is 10.2 Å². The van der Waals surface area contributed by atoms with E-state index in [-0.39, 0.29) is 28.0 Å². The van der Waals surface area contributed by atoms with Crippen LogP contribution in [0, 0.1) is 0 Å². The zero-order valence-corrected chi connectivity index (χ0v) is 15.6. The number of aromatic hydroxyl groups is 2. The number of aliphatic hydroxyl groups is 2. The van der Waals surface area contributed by atoms with Crippen molar-refractivity contribution in [3.63, 3.8) is 0 Å². The standard InChI is InChI=1S/C21H16O10/c22-10-3-1-9(2-4-10)12-8-29-15-6-11(5-13(23)17(15)18(12)25)30-21-19(26)14(24)7-16(31-21)20(27)28/h1-8,14,19,21-24,26H,(H,27,28)/t14-,19+,21+/m0/s1. The quantitative estimate of drug-likeness (QED) is 0.408. The van der Waals surface area contributed by atoms with Crippen LogP contribution in [-0.2, 0) is 9.53 Å². The lowest BCUT2D eigenvalue weighted by atomic mass is 10.0. The highest BCUT2D eigenvalue weighted by Crippen LogP contribution is 2.32. The SMILES string of the molecule is O=C(O)C1=C[C@H](O)[C@@H](O)[C@H](Oc2cc(O)c3c(=O)c(-c4ccc(O)cc4)coc3c2)O1. The molecule has 10 nitrogen and oxygen atoms in total. The Balaban J connectivity index is 1.69. The number of carboxylic acids is 1. The van der Waals surface area contributed by atoms with E-state index < -0.39 is 41.4 Å². The van der Waals surface area contributed by atoms with Gasteiger partial charge in [0.25, 0.3) is 6.29 Å². The van der Waals surface area contributed by atoms with Crippen LogP contribution in [0.2, 0.25) is 0 Å². The number of carbonyl (C=O) groups is 1. The highest BCUT2D eigenvalue weighted by molar-refractivity contribution is 5.88. The Labute approximate surface area is 173 Å². The van der Waals surface area contributed by atoms with Crippen LogP contribution in [-0.4, -0.2) is 50.0 Å². The van der Waals surface area contributed by atoms with Gasteiger partial charge < -0.3 is 39.4 Å². The van der Waals surface area contributed by atoms with Crippen LogP contribution >= 0.6 is 0 Å². The molecule has 0 saturated heterocycles. The maximum atomic E-state index is 12.9. The molecule has 4 rings (SSSR count). The smallest absolute Gasteiger partial charge is 0.371 e. The van der Waals surface area contributed by atoms with Crippen molar-refractivity contribution in [2.75, 3.05) is 0 Å². The van der Waals surface area contributed by atoms with Gasteiger partial charge in [-0.05, 0) is 23.8 Å². The molecule has 31 heavy (non-hydrogen) atoms. The molecule has 10 heteroatoms. The van der Waals surface area contributed by atoms with Gasteiger partial charge in [0.15, 0.2) is 6.10 Å². The molecule has 0 spiro atoms. The van der Waals surface area contributed by atoms with Gasteiger partial charge in [0.2, 0.25) is 11.2 Å². The number of benzene rings is 2. The van der Waals surface area contributed by atoms with Crippen molar-refractivity contribution >= 4 is 16.9 Å². The third kappa shape index (κ3) is 3.77. The molecule has 160 valence electrons. The Hall–Kier alpha value is -4.02. The lowest BCUT2D eigenvalue weighted by Gasteiger charge is -2.30. The van der Waals surface area contributed by atoms with Gasteiger partial charge in [-0.3, -0.25) is 4.79 Å². The van der Waals surface area contributed by atoms with Crippen molar-refractivity contribution < 1.29 is 44.2 Å². The number of carboxylic acid groups (broad SMARTS) is 1. The molecule has 0 fully saturated rings. The molecular weight excluding hydrogens is 412 g/mol. The molecule has 0 unspecified atom stereocenters. The van der Waals surface area contributed by atoms with Crippen molar-refractivity contribution in [1.82, 2.24) is 0 Å². The molecule has 3 aromatic rings. The normalized spacial score (nSPS) is 20.7. The minimum Gasteiger partial charge on any atom is -0.508 e. The fourth-order valence-corrected chi connectivity index (χ4v) is 3.11. The summed E-state index contributed by atoms with van der Waals surface area (Å²) in [6.07, 6.45) is -2.74. The first kappa shape index (κ1) is 20.3. The number of phenols is 2. The Bertz CT molecular complexity index is 1240. The predicted octanol–water partition coefficient (Wildman–Crippen LogP) is 1.30. The monoisotopic (exact) mass is 428 g/mol. The van der Waals surface area contributed by atoms with E-state index in [1.807, 2.05) is 0 Å². The van der Waals surface area contributed by atoms with Gasteiger partial charge in [0.05, 0.1) is 5.56 Å². The molecular formula is C21H16O10. The summed E-state index contributed by atoms with van der Waals surface area (Å²) in [7, 11) is 0. The lowest BCUT2D eigenvalue weighted by molar-refractivity contribution is -0.172. The zero-order chi connectivity index (χ0) is 22.3. The lowest BCUT2D eigenvalue weighted by Crippen LogP contribution is -2.45. The molecule has 0 radical (unpaired) electrons. The number of hydrogen-bond donors (Lipinski definition) is 5. The third-order valence-electron chi connectivity index (χ3n) is 4.67. The number of ether oxygens (including phenoxy) is 2. The van der Waals surface area contributed by atoms with Crippen LogP contribution in [0.4, 0.5) is 0 Å². The van der Waals surface area contributed by atoms with E-state index in [1.54, 1.807) is 0 Å². The van der Waals surface area contributed by atoms with E-state index in [2.05, 4.69) is 0 Å². The molecule has 2 aromatic carbocycles. The summed E-state index contributed by atoms with van der Waals surface area (Å²) in [5.41, 5.74) is 0.0505. The van der Waals surface area contributed by atoms with Gasteiger partial charge in [0.1, 0.15) is 40.6 Å². The van der Waals surface area contributed by atoms with Gasteiger partial charge in [-0.1, -0.05) is 12.1 Å². The molecule has 0 saturated carbocycles. The first-order chi connectivity index (χ1) is 14.7. The average molecular weight is 428 g/mol. The summed E-state index contributed by atoms with van der Waals surface area (Å²) >= 11 is 0. The van der Waals surface area contributed by atoms with E-state index in [4.69, 9.17) is 19.0 Å². The second-order valence-electron chi connectivity index (χ2n) is 6.76. The van der Waals surface area contributed by atoms with Crippen molar-refractivity contribution in [3.8, 4) is 28.4 Å². The molecule has 0 amide bonds. The van der Waals surface area contributed by atoms with Crippen LogP contribution in [0.1, 0.15) is 0 Å². The second-order valence-corrected chi connectivity index (χ2v) is 6.76. The minimum absolute atomic E-state index is 0.0247. The third-order valence-corrected chi connectivity index (χ3v) is 4.67. The highest BCUT2D eigenvalue weighted by atomic mass is 16.7. The highest BCUT2D eigenvalue weighted by Gasteiger charge is 2.36. The Morgan fingerprint density at radius 2 is 1.77 bits per heavy atom. The molecule has 1 aromatic heterocycles. The average Bonchev–Trinajstić information content (AvgIpc) is 2.72.